The van der Waals surface area contributed by atoms with E-state index in [1.807, 2.05) is 67.3 Å². The molecule has 0 bridgehead atoms. The smallest absolute Gasteiger partial charge is 0.257 e. The highest BCUT2D eigenvalue weighted by Crippen LogP contribution is 2.24. The molecule has 1 amide bonds. The van der Waals surface area contributed by atoms with Gasteiger partial charge in [-0.1, -0.05) is 41.0 Å². The van der Waals surface area contributed by atoms with Gasteiger partial charge in [0.05, 0.1) is 21.8 Å². The lowest BCUT2D eigenvalue weighted by molar-refractivity contribution is 0.0616. The van der Waals surface area contributed by atoms with E-state index < -0.39 is 0 Å². The van der Waals surface area contributed by atoms with Crippen LogP contribution in [0.25, 0.3) is 0 Å². The first-order valence-electron chi connectivity index (χ1n) is 11.1. The summed E-state index contributed by atoms with van der Waals surface area (Å²) in [4.78, 5) is 17.4. The summed E-state index contributed by atoms with van der Waals surface area (Å²) in [5.74, 6) is 1.97. The lowest BCUT2D eigenvalue weighted by Gasteiger charge is -2.34. The molecule has 7 nitrogen and oxygen atoms in total. The fraction of sp³-hybridized carbons (Fsp3) is 0.360. The molecule has 0 radical (unpaired) electrons. The summed E-state index contributed by atoms with van der Waals surface area (Å²) in [6, 6.07) is 14.8. The molecule has 1 fully saturated rings. The number of amides is 1. The van der Waals surface area contributed by atoms with Crippen LogP contribution in [0.4, 0.5) is 0 Å². The van der Waals surface area contributed by atoms with Crippen LogP contribution in [-0.2, 0) is 6.61 Å². The van der Waals surface area contributed by atoms with Crippen LogP contribution >= 0.6 is 11.6 Å². The number of hydrogen-bond acceptors (Lipinski definition) is 6. The van der Waals surface area contributed by atoms with Gasteiger partial charge in [-0.05, 0) is 38.1 Å². The van der Waals surface area contributed by atoms with Gasteiger partial charge in [0.1, 0.15) is 30.5 Å². The van der Waals surface area contributed by atoms with Gasteiger partial charge >= 0.3 is 0 Å². The van der Waals surface area contributed by atoms with Gasteiger partial charge in [0, 0.05) is 32.7 Å². The Morgan fingerprint density at radius 1 is 1.00 bits per heavy atom. The van der Waals surface area contributed by atoms with Crippen molar-refractivity contribution in [3.8, 4) is 11.5 Å². The van der Waals surface area contributed by atoms with E-state index in [-0.39, 0.29) is 5.91 Å². The van der Waals surface area contributed by atoms with Gasteiger partial charge in [0.2, 0.25) is 0 Å². The van der Waals surface area contributed by atoms with Crippen LogP contribution in [0.5, 0.6) is 11.5 Å². The van der Waals surface area contributed by atoms with Crippen LogP contribution in [0.2, 0.25) is 5.02 Å². The molecule has 0 N–H and O–H groups in total. The minimum atomic E-state index is -0.0173. The molecule has 2 heterocycles. The summed E-state index contributed by atoms with van der Waals surface area (Å²) in [6.07, 6.45) is 0. The minimum Gasteiger partial charge on any atom is -0.491 e. The Hall–Kier alpha value is -3.03. The van der Waals surface area contributed by atoms with Crippen molar-refractivity contribution in [2.24, 2.45) is 0 Å². The van der Waals surface area contributed by atoms with Gasteiger partial charge in [-0.2, -0.15) is 0 Å². The van der Waals surface area contributed by atoms with E-state index >= 15 is 0 Å². The monoisotopic (exact) mass is 469 g/mol. The van der Waals surface area contributed by atoms with Crippen LogP contribution in [0.3, 0.4) is 0 Å². The maximum absolute atomic E-state index is 13.2. The number of aryl methyl sites for hydroxylation is 2. The Bertz CT molecular complexity index is 1070. The largest absolute Gasteiger partial charge is 0.491 e. The van der Waals surface area contributed by atoms with Crippen LogP contribution in [-0.4, -0.2) is 60.2 Å². The zero-order chi connectivity index (χ0) is 23.2. The van der Waals surface area contributed by atoms with Gasteiger partial charge in [0.25, 0.3) is 5.91 Å². The lowest BCUT2D eigenvalue weighted by atomic mass is 10.1. The number of para-hydroxylation sites is 2. The van der Waals surface area contributed by atoms with E-state index in [9.17, 15) is 4.79 Å². The predicted molar refractivity (Wildman–Crippen MR) is 126 cm³/mol. The summed E-state index contributed by atoms with van der Waals surface area (Å²) in [5, 5.41) is 4.57. The van der Waals surface area contributed by atoms with Crippen LogP contribution in [0.15, 0.2) is 53.1 Å². The molecule has 1 aliphatic heterocycles. The van der Waals surface area contributed by atoms with E-state index in [1.54, 1.807) is 0 Å². The Kier molecular flexibility index (Phi) is 7.52. The standard InChI is InChI=1S/C25H28ClN3O4/c1-18-21(19(2)33-27-18)17-32-23-9-5-3-7-20(23)25(30)29-13-11-28(12-14-29)15-16-31-24-10-6-4-8-22(24)26/h3-10H,11-17H2,1-2H3. The first-order chi connectivity index (χ1) is 16.0. The van der Waals surface area contributed by atoms with Gasteiger partial charge in [-0.3, -0.25) is 9.69 Å². The van der Waals surface area contributed by atoms with Crippen LogP contribution < -0.4 is 9.47 Å². The second-order valence-corrected chi connectivity index (χ2v) is 8.41. The highest BCUT2D eigenvalue weighted by Gasteiger charge is 2.24. The van der Waals surface area contributed by atoms with E-state index in [0.29, 0.717) is 48.4 Å². The molecule has 8 heteroatoms. The number of hydrogen-bond donors (Lipinski definition) is 0. The second kappa shape index (κ2) is 10.7. The predicted octanol–water partition coefficient (Wildman–Crippen LogP) is 4.36. The van der Waals surface area contributed by atoms with Gasteiger partial charge in [0.15, 0.2) is 0 Å². The number of rotatable bonds is 8. The Morgan fingerprint density at radius 2 is 1.70 bits per heavy atom. The molecule has 1 aromatic heterocycles. The number of carbonyl (C=O) groups excluding carboxylic acids is 1. The van der Waals surface area contributed by atoms with Crippen molar-refractivity contribution in [1.82, 2.24) is 15.0 Å². The SMILES string of the molecule is Cc1noc(C)c1COc1ccccc1C(=O)N1CCN(CCOc2ccccc2Cl)CC1. The minimum absolute atomic E-state index is 0.0173. The first kappa shape index (κ1) is 23.1. The van der Waals surface area contributed by atoms with E-state index in [0.717, 1.165) is 36.7 Å². The number of piperazine rings is 1. The van der Waals surface area contributed by atoms with Gasteiger partial charge < -0.3 is 18.9 Å². The van der Waals surface area contributed by atoms with Gasteiger partial charge in [-0.15, -0.1) is 0 Å². The molecule has 0 saturated carbocycles. The number of ether oxygens (including phenoxy) is 2. The number of aromatic nitrogens is 1. The lowest BCUT2D eigenvalue weighted by Crippen LogP contribution is -2.49. The molecule has 2 aromatic carbocycles. The second-order valence-electron chi connectivity index (χ2n) is 8.00. The molecule has 3 aromatic rings. The Labute approximate surface area is 198 Å². The van der Waals surface area contributed by atoms with Crippen molar-refractivity contribution in [3.63, 3.8) is 0 Å². The molecule has 33 heavy (non-hydrogen) atoms. The number of halogens is 1. The Morgan fingerprint density at radius 3 is 2.39 bits per heavy atom. The molecule has 1 saturated heterocycles. The molecule has 174 valence electrons. The number of benzene rings is 2. The van der Waals surface area contributed by atoms with Crippen molar-refractivity contribution in [2.75, 3.05) is 39.3 Å². The average Bonchev–Trinajstić information content (AvgIpc) is 3.16. The fourth-order valence-electron chi connectivity index (χ4n) is 3.82. The maximum atomic E-state index is 13.2. The summed E-state index contributed by atoms with van der Waals surface area (Å²) in [6.45, 7) is 8.27. The molecule has 0 spiro atoms. The number of carbonyl (C=O) groups is 1. The van der Waals surface area contributed by atoms with Crippen molar-refractivity contribution < 1.29 is 18.8 Å². The van der Waals surface area contributed by atoms with E-state index in [1.165, 1.54) is 0 Å². The highest BCUT2D eigenvalue weighted by molar-refractivity contribution is 6.32. The quantitative estimate of drug-likeness (QED) is 0.488. The maximum Gasteiger partial charge on any atom is 0.257 e. The third-order valence-electron chi connectivity index (χ3n) is 5.83. The number of nitrogens with zero attached hydrogens (tertiary/aromatic N) is 3. The molecule has 0 unspecified atom stereocenters. The van der Waals surface area contributed by atoms with Crippen LogP contribution in [0.1, 0.15) is 27.4 Å². The topological polar surface area (TPSA) is 68.0 Å². The molecular weight excluding hydrogens is 442 g/mol. The normalized spacial score (nSPS) is 14.3. The van der Waals surface area contributed by atoms with Crippen molar-refractivity contribution >= 4 is 17.5 Å². The summed E-state index contributed by atoms with van der Waals surface area (Å²) >= 11 is 6.14. The summed E-state index contributed by atoms with van der Waals surface area (Å²) < 4.78 is 17.0. The van der Waals surface area contributed by atoms with Gasteiger partial charge in [-0.25, -0.2) is 0 Å². The van der Waals surface area contributed by atoms with Crippen molar-refractivity contribution in [2.45, 2.75) is 20.5 Å². The zero-order valence-corrected chi connectivity index (χ0v) is 19.7. The van der Waals surface area contributed by atoms with Crippen LogP contribution in [0, 0.1) is 13.8 Å². The summed E-state index contributed by atoms with van der Waals surface area (Å²) in [7, 11) is 0. The molecular formula is C25H28ClN3O4. The van der Waals surface area contributed by atoms with Crippen molar-refractivity contribution in [3.05, 3.63) is 76.1 Å². The molecule has 0 atom stereocenters. The third-order valence-corrected chi connectivity index (χ3v) is 6.14. The third kappa shape index (κ3) is 5.67. The zero-order valence-electron chi connectivity index (χ0n) is 18.9. The summed E-state index contributed by atoms with van der Waals surface area (Å²) in [5.41, 5.74) is 2.27. The van der Waals surface area contributed by atoms with E-state index in [2.05, 4.69) is 10.1 Å². The molecule has 4 rings (SSSR count). The van der Waals surface area contributed by atoms with E-state index in [4.69, 9.17) is 25.6 Å². The average molecular weight is 470 g/mol. The highest BCUT2D eigenvalue weighted by atomic mass is 35.5. The Balaban J connectivity index is 1.29. The molecule has 1 aliphatic rings. The molecule has 0 aliphatic carbocycles. The fourth-order valence-corrected chi connectivity index (χ4v) is 4.01. The van der Waals surface area contributed by atoms with Crippen molar-refractivity contribution in [1.29, 1.82) is 0 Å². The first-order valence-corrected chi connectivity index (χ1v) is 11.4.